The first-order valence-electron chi connectivity index (χ1n) is 6.57. The zero-order chi connectivity index (χ0) is 14.0. The van der Waals surface area contributed by atoms with Crippen molar-refractivity contribution in [3.8, 4) is 0 Å². The number of nitrogens with zero attached hydrogens (tertiary/aromatic N) is 1. The van der Waals surface area contributed by atoms with Crippen molar-refractivity contribution in [1.82, 2.24) is 4.90 Å². The normalized spacial score (nSPS) is 23.6. The van der Waals surface area contributed by atoms with Crippen LogP contribution < -0.4 is 0 Å². The van der Waals surface area contributed by atoms with E-state index in [9.17, 15) is 9.90 Å². The number of aryl methyl sites for hydroxylation is 2. The summed E-state index contributed by atoms with van der Waals surface area (Å²) in [6.45, 7) is 5.31. The highest BCUT2D eigenvalue weighted by molar-refractivity contribution is 5.76. The van der Waals surface area contributed by atoms with E-state index in [4.69, 9.17) is 4.74 Å². The maximum absolute atomic E-state index is 11.7. The summed E-state index contributed by atoms with van der Waals surface area (Å²) in [5, 5.41) is 9.77. The fourth-order valence-corrected chi connectivity index (χ4v) is 2.62. The number of β-amino-alcohol motifs (C(OH)–C–C–N with tert-alkyl or cyclic N) is 1. The topological polar surface area (TPSA) is 49.8 Å². The van der Waals surface area contributed by atoms with Crippen LogP contribution in [-0.2, 0) is 16.1 Å². The highest BCUT2D eigenvalue weighted by Gasteiger charge is 2.36. The molecule has 0 aliphatic carbocycles. The number of methoxy groups -OCH3 is 1. The summed E-state index contributed by atoms with van der Waals surface area (Å²) in [5.41, 5.74) is 3.61. The molecular weight excluding hydrogens is 242 g/mol. The second-order valence-corrected chi connectivity index (χ2v) is 5.29. The minimum absolute atomic E-state index is 0.262. The lowest BCUT2D eigenvalue weighted by molar-refractivity contribution is -0.146. The van der Waals surface area contributed by atoms with Crippen molar-refractivity contribution in [3.05, 3.63) is 34.9 Å². The molecule has 4 nitrogen and oxygen atoms in total. The second kappa shape index (κ2) is 5.72. The number of ether oxygens (including phenoxy) is 1. The molecule has 1 aliphatic heterocycles. The van der Waals surface area contributed by atoms with E-state index in [1.54, 1.807) is 0 Å². The van der Waals surface area contributed by atoms with Crippen molar-refractivity contribution in [3.63, 3.8) is 0 Å². The molecule has 0 spiro atoms. The third-order valence-corrected chi connectivity index (χ3v) is 3.73. The third-order valence-electron chi connectivity index (χ3n) is 3.73. The molecule has 0 unspecified atom stereocenters. The minimum atomic E-state index is -0.450. The molecule has 1 saturated heterocycles. The molecule has 0 bridgehead atoms. The maximum atomic E-state index is 11.7. The lowest BCUT2D eigenvalue weighted by Crippen LogP contribution is -2.36. The second-order valence-electron chi connectivity index (χ2n) is 5.29. The molecule has 0 aromatic heterocycles. The molecule has 4 heteroatoms. The van der Waals surface area contributed by atoms with Crippen molar-refractivity contribution in [1.29, 1.82) is 0 Å². The van der Waals surface area contributed by atoms with Gasteiger partial charge in [0.1, 0.15) is 6.04 Å². The van der Waals surface area contributed by atoms with Crippen LogP contribution in [0.2, 0.25) is 0 Å². The van der Waals surface area contributed by atoms with Crippen LogP contribution >= 0.6 is 0 Å². The van der Waals surface area contributed by atoms with Gasteiger partial charge >= 0.3 is 5.97 Å². The Hall–Kier alpha value is -1.39. The van der Waals surface area contributed by atoms with E-state index in [-0.39, 0.29) is 12.0 Å². The van der Waals surface area contributed by atoms with Crippen LogP contribution in [0.5, 0.6) is 0 Å². The van der Waals surface area contributed by atoms with Gasteiger partial charge in [-0.15, -0.1) is 0 Å². The fourth-order valence-electron chi connectivity index (χ4n) is 2.62. The van der Waals surface area contributed by atoms with E-state index >= 15 is 0 Å². The number of aliphatic hydroxyl groups is 1. The minimum Gasteiger partial charge on any atom is -0.468 e. The van der Waals surface area contributed by atoms with Gasteiger partial charge in [0.25, 0.3) is 0 Å². The van der Waals surface area contributed by atoms with Gasteiger partial charge in [0.2, 0.25) is 0 Å². The number of rotatable bonds is 3. The van der Waals surface area contributed by atoms with Crippen molar-refractivity contribution in [2.45, 2.75) is 39.0 Å². The highest BCUT2D eigenvalue weighted by atomic mass is 16.5. The lowest BCUT2D eigenvalue weighted by Gasteiger charge is -2.23. The Balaban J connectivity index is 2.16. The van der Waals surface area contributed by atoms with Crippen LogP contribution in [0, 0.1) is 13.8 Å². The average Bonchev–Trinajstić information content (AvgIpc) is 2.74. The first kappa shape index (κ1) is 14.0. The summed E-state index contributed by atoms with van der Waals surface area (Å²) in [6.07, 6.45) is 0.00609. The van der Waals surface area contributed by atoms with Gasteiger partial charge in [0.15, 0.2) is 0 Å². The Morgan fingerprint density at radius 2 is 2.21 bits per heavy atom. The predicted octanol–water partition coefficient (Wildman–Crippen LogP) is 1.41. The van der Waals surface area contributed by atoms with Crippen LogP contribution in [0.4, 0.5) is 0 Å². The number of hydrogen-bond donors (Lipinski definition) is 1. The van der Waals surface area contributed by atoms with E-state index in [0.29, 0.717) is 19.5 Å². The maximum Gasteiger partial charge on any atom is 0.323 e. The number of likely N-dealkylation sites (tertiary alicyclic amines) is 1. The molecule has 1 fully saturated rings. The van der Waals surface area contributed by atoms with Gasteiger partial charge < -0.3 is 9.84 Å². The van der Waals surface area contributed by atoms with Gasteiger partial charge in [-0.1, -0.05) is 23.8 Å². The summed E-state index contributed by atoms with van der Waals surface area (Å²) in [4.78, 5) is 13.7. The highest BCUT2D eigenvalue weighted by Crippen LogP contribution is 2.23. The largest absolute Gasteiger partial charge is 0.468 e. The summed E-state index contributed by atoms with van der Waals surface area (Å²) < 4.78 is 4.81. The van der Waals surface area contributed by atoms with Gasteiger partial charge in [0, 0.05) is 19.5 Å². The molecule has 1 heterocycles. The molecule has 0 amide bonds. The summed E-state index contributed by atoms with van der Waals surface area (Å²) >= 11 is 0. The molecule has 1 aliphatic rings. The van der Waals surface area contributed by atoms with Gasteiger partial charge in [0.05, 0.1) is 13.2 Å². The van der Waals surface area contributed by atoms with Crippen LogP contribution in [-0.4, -0.2) is 41.8 Å². The molecule has 1 N–H and O–H groups in total. The smallest absolute Gasteiger partial charge is 0.323 e. The Morgan fingerprint density at radius 1 is 1.47 bits per heavy atom. The third kappa shape index (κ3) is 3.14. The molecule has 0 saturated carbocycles. The van der Waals surface area contributed by atoms with Crippen molar-refractivity contribution < 1.29 is 14.6 Å². The van der Waals surface area contributed by atoms with Gasteiger partial charge in [-0.25, -0.2) is 0 Å². The molecule has 2 atom stereocenters. The number of benzene rings is 1. The zero-order valence-corrected chi connectivity index (χ0v) is 11.7. The van der Waals surface area contributed by atoms with E-state index in [1.165, 1.54) is 23.8 Å². The van der Waals surface area contributed by atoms with Crippen molar-refractivity contribution >= 4 is 5.97 Å². The van der Waals surface area contributed by atoms with E-state index < -0.39 is 6.10 Å². The molecule has 0 radical (unpaired) electrons. The Kier molecular flexibility index (Phi) is 4.22. The first-order valence-corrected chi connectivity index (χ1v) is 6.57. The Bertz CT molecular complexity index is 472. The number of aliphatic hydroxyl groups excluding tert-OH is 1. The quantitative estimate of drug-likeness (QED) is 0.838. The van der Waals surface area contributed by atoms with Crippen LogP contribution in [0.25, 0.3) is 0 Å². The predicted molar refractivity (Wildman–Crippen MR) is 72.8 cm³/mol. The zero-order valence-electron chi connectivity index (χ0n) is 11.7. The molecule has 104 valence electrons. The Labute approximate surface area is 114 Å². The Morgan fingerprint density at radius 3 is 2.89 bits per heavy atom. The fraction of sp³-hybridized carbons (Fsp3) is 0.533. The van der Waals surface area contributed by atoms with Crippen LogP contribution in [0.3, 0.4) is 0 Å². The van der Waals surface area contributed by atoms with E-state index in [2.05, 4.69) is 32.0 Å². The number of hydrogen-bond acceptors (Lipinski definition) is 4. The average molecular weight is 263 g/mol. The monoisotopic (exact) mass is 263 g/mol. The molecule has 1 aromatic carbocycles. The summed E-state index contributed by atoms with van der Waals surface area (Å²) in [5.74, 6) is -0.262. The number of carbonyl (C=O) groups excluding carboxylic acids is 1. The van der Waals surface area contributed by atoms with Crippen LogP contribution in [0.1, 0.15) is 23.1 Å². The molecule has 2 rings (SSSR count). The lowest BCUT2D eigenvalue weighted by atomic mass is 10.0. The van der Waals surface area contributed by atoms with Crippen molar-refractivity contribution in [2.24, 2.45) is 0 Å². The first-order chi connectivity index (χ1) is 9.01. The van der Waals surface area contributed by atoms with E-state index in [0.717, 1.165) is 0 Å². The van der Waals surface area contributed by atoms with Crippen molar-refractivity contribution in [2.75, 3.05) is 13.7 Å². The van der Waals surface area contributed by atoms with Gasteiger partial charge in [-0.2, -0.15) is 0 Å². The van der Waals surface area contributed by atoms with Gasteiger partial charge in [-0.05, 0) is 25.0 Å². The molecular formula is C15H21NO3. The summed E-state index contributed by atoms with van der Waals surface area (Å²) in [6, 6.07) is 5.97. The molecule has 1 aromatic rings. The SMILES string of the molecule is COC(=O)[C@H]1C[C@H](O)CN1Cc1cc(C)ccc1C. The summed E-state index contributed by atoms with van der Waals surface area (Å²) in [7, 11) is 1.39. The van der Waals surface area contributed by atoms with Gasteiger partial charge in [-0.3, -0.25) is 9.69 Å². The van der Waals surface area contributed by atoms with Crippen LogP contribution in [0.15, 0.2) is 18.2 Å². The standard InChI is InChI=1S/C15H21NO3/c1-10-4-5-11(2)12(6-10)8-16-9-13(17)7-14(16)15(18)19-3/h4-6,13-14,17H,7-9H2,1-3H3/t13-,14+/m0/s1. The number of esters is 1. The molecule has 19 heavy (non-hydrogen) atoms. The van der Waals surface area contributed by atoms with E-state index in [1.807, 2.05) is 4.90 Å². The number of carbonyl (C=O) groups is 1.